The van der Waals surface area contributed by atoms with Crippen LogP contribution in [0.5, 0.6) is 0 Å². The third-order valence-electron chi connectivity index (χ3n) is 16.1. The molecule has 0 aromatic carbocycles. The average Bonchev–Trinajstić information content (AvgIpc) is 3.46. The lowest BCUT2D eigenvalue weighted by Gasteiger charge is -2.18. The summed E-state index contributed by atoms with van der Waals surface area (Å²) >= 11 is 0. The van der Waals surface area contributed by atoms with E-state index in [0.29, 0.717) is 19.3 Å². The zero-order chi connectivity index (χ0) is 57.8. The Labute approximate surface area is 498 Å². The van der Waals surface area contributed by atoms with Crippen LogP contribution in [-0.4, -0.2) is 37.2 Å². The van der Waals surface area contributed by atoms with Gasteiger partial charge in [-0.15, -0.1) is 0 Å². The molecule has 0 N–H and O–H groups in total. The molecule has 0 rings (SSSR count). The van der Waals surface area contributed by atoms with Gasteiger partial charge in [0.15, 0.2) is 6.10 Å². The molecule has 0 aromatic heterocycles. The molecule has 6 nitrogen and oxygen atoms in total. The zero-order valence-electron chi connectivity index (χ0n) is 53.9. The highest BCUT2D eigenvalue weighted by Gasteiger charge is 2.19. The number of esters is 3. The van der Waals surface area contributed by atoms with Crippen molar-refractivity contribution in [2.45, 2.75) is 393 Å². The molecule has 0 spiro atoms. The first-order valence-electron chi connectivity index (χ1n) is 35.6. The van der Waals surface area contributed by atoms with Gasteiger partial charge in [-0.05, 0) is 83.5 Å². The van der Waals surface area contributed by atoms with E-state index in [0.717, 1.165) is 77.0 Å². The maximum atomic E-state index is 12.9. The maximum Gasteiger partial charge on any atom is 0.306 e. The molecule has 0 radical (unpaired) electrons. The van der Waals surface area contributed by atoms with Gasteiger partial charge in [0.1, 0.15) is 13.2 Å². The second kappa shape index (κ2) is 68.9. The lowest BCUT2D eigenvalue weighted by atomic mass is 10.0. The normalized spacial score (nSPS) is 12.3. The summed E-state index contributed by atoms with van der Waals surface area (Å²) in [6.07, 6.45) is 87.2. The molecule has 0 bridgehead atoms. The largest absolute Gasteiger partial charge is 0.462 e. The Morgan fingerprint density at radius 3 is 0.713 bits per heavy atom. The molecule has 0 saturated heterocycles. The quantitative estimate of drug-likeness (QED) is 0.0261. The van der Waals surface area contributed by atoms with Crippen molar-refractivity contribution < 1.29 is 28.6 Å². The Morgan fingerprint density at radius 1 is 0.250 bits per heavy atom. The van der Waals surface area contributed by atoms with E-state index in [9.17, 15) is 14.4 Å². The first-order valence-corrected chi connectivity index (χ1v) is 35.6. The molecule has 6 heteroatoms. The molecule has 0 aromatic rings. The van der Waals surface area contributed by atoms with Crippen LogP contribution in [-0.2, 0) is 28.6 Å². The lowest BCUT2D eigenvalue weighted by molar-refractivity contribution is -0.167. The zero-order valence-corrected chi connectivity index (χ0v) is 53.9. The van der Waals surface area contributed by atoms with Gasteiger partial charge in [0.2, 0.25) is 0 Å². The van der Waals surface area contributed by atoms with Gasteiger partial charge in [-0.25, -0.2) is 0 Å². The van der Waals surface area contributed by atoms with E-state index < -0.39 is 6.10 Å². The highest BCUT2D eigenvalue weighted by molar-refractivity contribution is 5.71. The summed E-state index contributed by atoms with van der Waals surface area (Å²) in [7, 11) is 0. The van der Waals surface area contributed by atoms with Gasteiger partial charge in [-0.3, -0.25) is 14.4 Å². The van der Waals surface area contributed by atoms with E-state index in [-0.39, 0.29) is 31.1 Å². The second-order valence-corrected chi connectivity index (χ2v) is 24.1. The predicted molar refractivity (Wildman–Crippen MR) is 349 cm³/mol. The van der Waals surface area contributed by atoms with Crippen LogP contribution in [0.25, 0.3) is 0 Å². The van der Waals surface area contributed by atoms with Gasteiger partial charge in [-0.2, -0.15) is 0 Å². The monoisotopic (exact) mass is 1120 g/mol. The third-order valence-corrected chi connectivity index (χ3v) is 16.1. The van der Waals surface area contributed by atoms with Crippen LogP contribution in [0.1, 0.15) is 387 Å². The predicted octanol–water partition coefficient (Wildman–Crippen LogP) is 24.5. The summed E-state index contributed by atoms with van der Waals surface area (Å²) in [5, 5.41) is 0. The molecular weight excluding hydrogens is 985 g/mol. The topological polar surface area (TPSA) is 78.9 Å². The van der Waals surface area contributed by atoms with Crippen molar-refractivity contribution in [1.82, 2.24) is 0 Å². The van der Waals surface area contributed by atoms with E-state index in [1.54, 1.807) is 0 Å². The smallest absolute Gasteiger partial charge is 0.306 e. The van der Waals surface area contributed by atoms with Crippen LogP contribution in [0.4, 0.5) is 0 Å². The van der Waals surface area contributed by atoms with Crippen LogP contribution >= 0.6 is 0 Å². The van der Waals surface area contributed by atoms with Crippen molar-refractivity contribution in [3.05, 3.63) is 48.6 Å². The molecule has 0 aliphatic heterocycles. The molecule has 1 unspecified atom stereocenters. The number of unbranched alkanes of at least 4 members (excludes halogenated alkanes) is 47. The molecule has 0 aliphatic rings. The fourth-order valence-corrected chi connectivity index (χ4v) is 10.7. The number of hydrogen-bond donors (Lipinski definition) is 0. The van der Waals surface area contributed by atoms with Crippen molar-refractivity contribution in [2.75, 3.05) is 13.2 Å². The summed E-state index contributed by atoms with van der Waals surface area (Å²) in [4.78, 5) is 38.4. The Kier molecular flexibility index (Phi) is 66.6. The highest BCUT2D eigenvalue weighted by Crippen LogP contribution is 2.18. The fourth-order valence-electron chi connectivity index (χ4n) is 10.7. The minimum Gasteiger partial charge on any atom is -0.462 e. The van der Waals surface area contributed by atoms with Crippen LogP contribution < -0.4 is 0 Å². The average molecular weight is 1120 g/mol. The van der Waals surface area contributed by atoms with E-state index in [2.05, 4.69) is 69.4 Å². The number of ether oxygens (including phenoxy) is 3. The number of carbonyl (C=O) groups excluding carboxylic acids is 3. The van der Waals surface area contributed by atoms with Crippen LogP contribution in [0.15, 0.2) is 48.6 Å². The van der Waals surface area contributed by atoms with E-state index >= 15 is 0 Å². The van der Waals surface area contributed by atoms with Gasteiger partial charge < -0.3 is 14.2 Å². The third kappa shape index (κ3) is 66.2. The molecule has 0 fully saturated rings. The summed E-state index contributed by atoms with van der Waals surface area (Å²) in [5.41, 5.74) is 0. The van der Waals surface area contributed by atoms with Crippen LogP contribution in [0, 0.1) is 0 Å². The van der Waals surface area contributed by atoms with Gasteiger partial charge in [0, 0.05) is 19.3 Å². The summed E-state index contributed by atoms with van der Waals surface area (Å²) in [6, 6.07) is 0. The molecule has 0 aliphatic carbocycles. The summed E-state index contributed by atoms with van der Waals surface area (Å²) < 4.78 is 17.0. The number of allylic oxidation sites excluding steroid dienone is 8. The minimum atomic E-state index is -0.775. The first kappa shape index (κ1) is 77.4. The van der Waals surface area contributed by atoms with Crippen molar-refractivity contribution in [1.29, 1.82) is 0 Å². The second-order valence-electron chi connectivity index (χ2n) is 24.1. The number of rotatable bonds is 66. The molecule has 0 saturated carbocycles. The number of hydrogen-bond acceptors (Lipinski definition) is 6. The van der Waals surface area contributed by atoms with Crippen molar-refractivity contribution in [3.8, 4) is 0 Å². The molecular formula is C74H136O6. The van der Waals surface area contributed by atoms with Crippen molar-refractivity contribution in [3.63, 3.8) is 0 Å². The lowest BCUT2D eigenvalue weighted by Crippen LogP contribution is -2.30. The van der Waals surface area contributed by atoms with E-state index in [4.69, 9.17) is 14.2 Å². The van der Waals surface area contributed by atoms with Gasteiger partial charge in [-0.1, -0.05) is 333 Å². The standard InChI is InChI=1S/C74H136O6/c1-4-7-10-13-16-19-22-25-28-30-31-32-33-34-35-36-37-38-39-40-41-42-43-45-46-49-52-55-58-61-64-67-73(76)79-70-71(69-78-72(75)66-63-60-57-54-51-48-27-24-21-18-15-12-9-6-3)80-74(77)68-65-62-59-56-53-50-47-44-29-26-23-20-17-14-11-8-5-2/h17,20,22,25-26,29-31,71H,4-16,18-19,21,23-24,27-28,32-70H2,1-3H3/b20-17-,25-22-,29-26-,31-30-. The maximum absolute atomic E-state index is 12.9. The fraction of sp³-hybridized carbons (Fsp3) is 0.851. The van der Waals surface area contributed by atoms with Crippen LogP contribution in [0.2, 0.25) is 0 Å². The molecule has 80 heavy (non-hydrogen) atoms. The molecule has 1 atom stereocenters. The molecule has 0 heterocycles. The Morgan fingerprint density at radius 2 is 0.450 bits per heavy atom. The van der Waals surface area contributed by atoms with Crippen molar-refractivity contribution in [2.24, 2.45) is 0 Å². The summed E-state index contributed by atoms with van der Waals surface area (Å²) in [5.74, 6) is -0.852. The van der Waals surface area contributed by atoms with E-state index in [1.165, 1.54) is 270 Å². The molecule has 468 valence electrons. The van der Waals surface area contributed by atoms with E-state index in [1.807, 2.05) is 0 Å². The Hall–Kier alpha value is -2.63. The SMILES string of the molecule is CCCCC/C=C\C/C=C\CCCCCCCCCC(=O)OC(COC(=O)CCCCCCCCCCCCCCCC)COC(=O)CCCCCCCCCCCCCCCCCCCCC/C=C\C/C=C\CCCCCCC. The first-order chi connectivity index (χ1) is 39.5. The highest BCUT2D eigenvalue weighted by atomic mass is 16.6. The summed E-state index contributed by atoms with van der Waals surface area (Å²) in [6.45, 7) is 6.66. The number of carbonyl (C=O) groups is 3. The molecule has 0 amide bonds. The van der Waals surface area contributed by atoms with Gasteiger partial charge in [0.05, 0.1) is 0 Å². The van der Waals surface area contributed by atoms with Crippen LogP contribution in [0.3, 0.4) is 0 Å². The Bertz CT molecular complexity index is 1380. The Balaban J connectivity index is 4.17. The minimum absolute atomic E-state index is 0.0708. The van der Waals surface area contributed by atoms with Crippen molar-refractivity contribution >= 4 is 17.9 Å². The van der Waals surface area contributed by atoms with Gasteiger partial charge in [0.25, 0.3) is 0 Å². The van der Waals surface area contributed by atoms with Gasteiger partial charge >= 0.3 is 17.9 Å².